The van der Waals surface area contributed by atoms with E-state index in [2.05, 4.69) is 14.9 Å². The molecule has 7 N–H and O–H groups in total. The molecule has 16 nitrogen and oxygen atoms in total. The fourth-order valence-corrected chi connectivity index (χ4v) is 8.20. The first-order valence-corrected chi connectivity index (χ1v) is 17.3. The van der Waals surface area contributed by atoms with Crippen molar-refractivity contribution in [3.8, 4) is 23.0 Å². The van der Waals surface area contributed by atoms with Gasteiger partial charge in [-0.25, -0.2) is 31.6 Å². The van der Waals surface area contributed by atoms with E-state index >= 15 is 0 Å². The van der Waals surface area contributed by atoms with E-state index in [1.54, 1.807) is 24.3 Å². The Hall–Kier alpha value is -5.76. The number of carbonyl (C=O) groups excluding carboxylic acids is 2. The molecule has 0 fully saturated rings. The number of primary amides is 1. The number of amides is 2. The van der Waals surface area contributed by atoms with Gasteiger partial charge in [0.15, 0.2) is 5.60 Å². The summed E-state index contributed by atoms with van der Waals surface area (Å²) < 4.78 is 62.9. The summed E-state index contributed by atoms with van der Waals surface area (Å²) in [6, 6.07) is 16.9. The topological polar surface area (TPSA) is 254 Å². The molecule has 1 atom stereocenters. The zero-order valence-electron chi connectivity index (χ0n) is 23.9. The Morgan fingerprint density at radius 2 is 1.60 bits per heavy atom. The van der Waals surface area contributed by atoms with Crippen LogP contribution in [0.5, 0.6) is 23.0 Å². The lowest BCUT2D eigenvalue weighted by Crippen LogP contribution is -2.38. The van der Waals surface area contributed by atoms with Gasteiger partial charge in [0.2, 0.25) is 9.47 Å². The molecule has 19 heteroatoms. The van der Waals surface area contributed by atoms with Crippen LogP contribution in [0.1, 0.15) is 27.0 Å². The Kier molecular flexibility index (Phi) is 6.84. The van der Waals surface area contributed by atoms with Crippen LogP contribution < -0.4 is 25.2 Å². The van der Waals surface area contributed by atoms with Crippen LogP contribution in [0.4, 0.5) is 21.3 Å². The number of sulfonamides is 2. The number of phenols is 2. The maximum absolute atomic E-state index is 13.3. The lowest BCUT2D eigenvalue weighted by molar-refractivity contribution is 0.0226. The second-order valence-corrected chi connectivity index (χ2v) is 14.8. The molecule has 5 aromatic rings. The third kappa shape index (κ3) is 4.83. The molecule has 2 aliphatic rings. The van der Waals surface area contributed by atoms with Crippen molar-refractivity contribution in [2.24, 2.45) is 10.9 Å². The van der Waals surface area contributed by atoms with Crippen molar-refractivity contribution < 1.29 is 46.1 Å². The molecule has 3 heterocycles. The van der Waals surface area contributed by atoms with Crippen molar-refractivity contribution in [2.75, 3.05) is 9.62 Å². The van der Waals surface area contributed by atoms with Crippen molar-refractivity contribution in [2.45, 2.75) is 14.8 Å². The van der Waals surface area contributed by atoms with Crippen LogP contribution in [0, 0.1) is 0 Å². The summed E-state index contributed by atoms with van der Waals surface area (Å²) >= 11 is 0.405. The molecule has 2 amide bonds. The molecule has 1 aromatic heterocycles. The monoisotopic (exact) mass is 708 g/mol. The van der Waals surface area contributed by atoms with Gasteiger partial charge in [-0.1, -0.05) is 29.5 Å². The van der Waals surface area contributed by atoms with Gasteiger partial charge in [0.25, 0.3) is 20.0 Å². The molecule has 244 valence electrons. The molecule has 0 aliphatic carbocycles. The molecular weight excluding hydrogens is 689 g/mol. The fraction of sp³-hybridized carbons (Fsp3) is 0.0345. The highest BCUT2D eigenvalue weighted by Crippen LogP contribution is 2.60. The highest BCUT2D eigenvalue weighted by molar-refractivity contribution is 7.93. The Labute approximate surface area is 274 Å². The van der Waals surface area contributed by atoms with Crippen molar-refractivity contribution in [3.63, 3.8) is 0 Å². The smallest absolute Gasteiger partial charge is 0.340 e. The molecule has 0 saturated heterocycles. The van der Waals surface area contributed by atoms with Crippen molar-refractivity contribution >= 4 is 59.9 Å². The lowest BCUT2D eigenvalue weighted by Gasteiger charge is -2.39. The van der Waals surface area contributed by atoms with E-state index in [1.807, 2.05) is 0 Å². The van der Waals surface area contributed by atoms with E-state index in [9.17, 15) is 36.6 Å². The fourth-order valence-electron chi connectivity index (χ4n) is 5.64. The molecule has 0 radical (unpaired) electrons. The summed E-state index contributed by atoms with van der Waals surface area (Å²) in [7, 11) is -8.55. The summed E-state index contributed by atoms with van der Waals surface area (Å²) in [5.41, 5.74) is 5.13. The van der Waals surface area contributed by atoms with Crippen LogP contribution in [0.25, 0.3) is 0 Å². The minimum Gasteiger partial charge on any atom is -0.508 e. The first kappa shape index (κ1) is 30.9. The Bertz CT molecular complexity index is 2420. The second-order valence-electron chi connectivity index (χ2n) is 10.4. The summed E-state index contributed by atoms with van der Waals surface area (Å²) in [4.78, 5) is 27.2. The number of nitrogens with zero attached hydrogens (tertiary/aromatic N) is 3. The van der Waals surface area contributed by atoms with E-state index in [1.165, 1.54) is 42.5 Å². The number of benzene rings is 4. The Morgan fingerprint density at radius 3 is 2.29 bits per heavy atom. The van der Waals surface area contributed by atoms with Gasteiger partial charge in [0, 0.05) is 29.3 Å². The molecule has 4 aromatic carbocycles. The number of fused-ring (bicyclic) bond motifs is 6. The number of aromatic nitrogens is 2. The first-order valence-electron chi connectivity index (χ1n) is 13.5. The number of urea groups is 1. The molecule has 1 spiro atoms. The van der Waals surface area contributed by atoms with Gasteiger partial charge < -0.3 is 25.4 Å². The molecule has 2 aliphatic heterocycles. The zero-order chi connectivity index (χ0) is 34.2. The van der Waals surface area contributed by atoms with Crippen LogP contribution in [-0.4, -0.2) is 49.2 Å². The predicted molar refractivity (Wildman–Crippen MR) is 168 cm³/mol. The summed E-state index contributed by atoms with van der Waals surface area (Å²) in [6.07, 6.45) is 0. The number of rotatable bonds is 6. The molecular formula is C29H20N6O10S3. The second kappa shape index (κ2) is 10.6. The third-order valence-electron chi connectivity index (χ3n) is 7.49. The van der Waals surface area contributed by atoms with E-state index in [0.29, 0.717) is 22.5 Å². The minimum atomic E-state index is -4.34. The van der Waals surface area contributed by atoms with Crippen LogP contribution >= 0.6 is 11.3 Å². The number of nitrogens with one attached hydrogen (secondary N) is 1. The molecule has 7 rings (SSSR count). The quantitative estimate of drug-likeness (QED) is 0.159. The Morgan fingerprint density at radius 1 is 0.896 bits per heavy atom. The number of esters is 1. The maximum Gasteiger partial charge on any atom is 0.340 e. The number of carbonyl (C=O) groups is 2. The average Bonchev–Trinajstić information content (AvgIpc) is 3.60. The predicted octanol–water partition coefficient (Wildman–Crippen LogP) is 3.18. The van der Waals surface area contributed by atoms with Crippen LogP contribution in [-0.2, 0) is 30.4 Å². The van der Waals surface area contributed by atoms with Crippen LogP contribution in [0.2, 0.25) is 0 Å². The number of nitrogens with two attached hydrogens (primary N) is 2. The number of aromatic hydroxyl groups is 2. The number of ether oxygens (including phenoxy) is 2. The third-order valence-corrected chi connectivity index (χ3v) is 11.1. The average molecular weight is 709 g/mol. The maximum atomic E-state index is 13.3. The summed E-state index contributed by atoms with van der Waals surface area (Å²) in [5.74, 6) is -1.12. The van der Waals surface area contributed by atoms with Crippen molar-refractivity contribution in [1.29, 1.82) is 0 Å². The van der Waals surface area contributed by atoms with Gasteiger partial charge in [0.1, 0.15) is 23.0 Å². The largest absolute Gasteiger partial charge is 0.508 e. The van der Waals surface area contributed by atoms with Gasteiger partial charge in [0.05, 0.1) is 27.4 Å². The van der Waals surface area contributed by atoms with E-state index in [0.717, 1.165) is 17.0 Å². The van der Waals surface area contributed by atoms with Crippen molar-refractivity contribution in [3.05, 3.63) is 101 Å². The van der Waals surface area contributed by atoms with Crippen LogP contribution in [0.3, 0.4) is 0 Å². The SMILES string of the molecule is NC(=O)N(c1ccc(S(=O)(=O)Nc2nnc(S(N)(=O)=O)s2)cc1)c1cc(O)cc2c1C1(OC(=O)c3ccccc31)c1ccc(O)cc1O2. The minimum absolute atomic E-state index is 0.0295. The standard InChI is InChI=1S/C29H20N6O10S3/c30-26(39)35(14-5-8-17(9-6-14)48(42,43)34-27-32-33-28(46-27)47(31,40)41)21-11-16(37)13-23-24(21)29(20-10-7-15(36)12-22(20)44-23)19-4-2-1-3-18(19)25(38)45-29/h1-13,36-37H,(H2,30,39)(H,32,34)(H2,31,40,41). The van der Waals surface area contributed by atoms with Gasteiger partial charge in [-0.3, -0.25) is 9.62 Å². The molecule has 0 saturated carbocycles. The first-order chi connectivity index (χ1) is 22.7. The van der Waals surface area contributed by atoms with E-state index < -0.39 is 42.0 Å². The normalized spacial score (nSPS) is 16.3. The van der Waals surface area contributed by atoms with Crippen molar-refractivity contribution in [1.82, 2.24) is 10.2 Å². The molecule has 1 unspecified atom stereocenters. The highest BCUT2D eigenvalue weighted by Gasteiger charge is 2.55. The van der Waals surface area contributed by atoms with Gasteiger partial charge in [-0.2, -0.15) is 0 Å². The molecule has 0 bridgehead atoms. The van der Waals surface area contributed by atoms with E-state index in [4.69, 9.17) is 20.3 Å². The summed E-state index contributed by atoms with van der Waals surface area (Å²) in [6.45, 7) is 0. The van der Waals surface area contributed by atoms with Gasteiger partial charge >= 0.3 is 12.0 Å². The lowest BCUT2D eigenvalue weighted by atomic mass is 9.76. The van der Waals surface area contributed by atoms with Gasteiger partial charge in [-0.05, 0) is 42.5 Å². The number of anilines is 3. The number of phenolic OH excluding ortho intramolecular Hbond substituents is 2. The van der Waals surface area contributed by atoms with Crippen LogP contribution in [0.15, 0.2) is 88.1 Å². The van der Waals surface area contributed by atoms with Gasteiger partial charge in [-0.15, -0.1) is 10.2 Å². The van der Waals surface area contributed by atoms with E-state index in [-0.39, 0.29) is 55.5 Å². The number of hydrogen-bond acceptors (Lipinski definition) is 13. The Balaban J connectivity index is 1.36. The highest BCUT2D eigenvalue weighted by atomic mass is 32.2. The number of hydrogen-bond donors (Lipinski definition) is 5. The zero-order valence-corrected chi connectivity index (χ0v) is 26.3. The molecule has 48 heavy (non-hydrogen) atoms. The summed E-state index contributed by atoms with van der Waals surface area (Å²) in [5, 5.41) is 32.6. The number of primary sulfonamides is 1.